The highest BCUT2D eigenvalue weighted by atomic mass is 16.7. The molecule has 2 rings (SSSR count). The van der Waals surface area contributed by atoms with E-state index < -0.39 is 12.1 Å². The molecule has 0 fully saturated rings. The molecule has 2 aromatic carbocycles. The van der Waals surface area contributed by atoms with Crippen LogP contribution in [0.1, 0.15) is 17.3 Å². The fraction of sp³-hybridized carbons (Fsp3) is 0.125. The molecule has 0 aliphatic rings. The Bertz CT molecular complexity index is 666. The molecule has 0 saturated carbocycles. The van der Waals surface area contributed by atoms with Crippen LogP contribution in [-0.2, 0) is 0 Å². The third-order valence-corrected chi connectivity index (χ3v) is 2.63. The first-order valence-corrected chi connectivity index (χ1v) is 6.55. The minimum absolute atomic E-state index is 0.0304. The quantitative estimate of drug-likeness (QED) is 0.518. The maximum atomic E-state index is 12.2. The first kappa shape index (κ1) is 15.4. The zero-order valence-corrected chi connectivity index (χ0v) is 11.8. The summed E-state index contributed by atoms with van der Waals surface area (Å²) in [6, 6.07) is 12.7. The smallest absolute Gasteiger partial charge is 0.494 e. The summed E-state index contributed by atoms with van der Waals surface area (Å²) >= 11 is 0. The molecule has 22 heavy (non-hydrogen) atoms. The molecule has 0 saturated heterocycles. The van der Waals surface area contributed by atoms with Crippen LogP contribution in [0.2, 0.25) is 0 Å². The first-order valence-electron chi connectivity index (χ1n) is 6.55. The van der Waals surface area contributed by atoms with Gasteiger partial charge in [-0.1, -0.05) is 18.2 Å². The van der Waals surface area contributed by atoms with Gasteiger partial charge in [-0.25, -0.2) is 9.59 Å². The van der Waals surface area contributed by atoms with Crippen LogP contribution >= 0.6 is 0 Å². The van der Waals surface area contributed by atoms with Gasteiger partial charge >= 0.3 is 12.1 Å². The van der Waals surface area contributed by atoms with Crippen LogP contribution in [0.5, 0.6) is 17.2 Å². The van der Waals surface area contributed by atoms with E-state index in [-0.39, 0.29) is 11.3 Å². The minimum Gasteiger partial charge on any atom is -0.494 e. The standard InChI is InChI=1S/C16H14O6/c1-2-20-12-8-9-14(22-16(18)19)13(10-12)15(17)21-11-6-4-3-5-7-11/h3-10H,2H2,1H3,(H,18,19). The van der Waals surface area contributed by atoms with Gasteiger partial charge in [0.05, 0.1) is 6.61 Å². The van der Waals surface area contributed by atoms with Gasteiger partial charge in [-0.2, -0.15) is 0 Å². The van der Waals surface area contributed by atoms with Gasteiger partial charge in [0.15, 0.2) is 0 Å². The van der Waals surface area contributed by atoms with E-state index in [1.807, 2.05) is 0 Å². The Morgan fingerprint density at radius 1 is 1.00 bits per heavy atom. The lowest BCUT2D eigenvalue weighted by atomic mass is 10.2. The Labute approximate surface area is 126 Å². The molecule has 1 N–H and O–H groups in total. The van der Waals surface area contributed by atoms with Gasteiger partial charge in [0.25, 0.3) is 0 Å². The fourth-order valence-electron chi connectivity index (χ4n) is 1.76. The SMILES string of the molecule is CCOc1ccc(OC(=O)O)c(C(=O)Oc2ccccc2)c1. The van der Waals surface area contributed by atoms with Crippen LogP contribution in [0.4, 0.5) is 4.79 Å². The summed E-state index contributed by atoms with van der Waals surface area (Å²) in [4.78, 5) is 22.9. The molecule has 0 heterocycles. The number of ether oxygens (including phenoxy) is 3. The molecule has 114 valence electrons. The molecule has 0 aliphatic carbocycles. The van der Waals surface area contributed by atoms with Crippen molar-refractivity contribution in [3.8, 4) is 17.2 Å². The second-order valence-corrected chi connectivity index (χ2v) is 4.16. The summed E-state index contributed by atoms with van der Waals surface area (Å²) in [6.07, 6.45) is -1.52. The predicted octanol–water partition coefficient (Wildman–Crippen LogP) is 3.36. The third kappa shape index (κ3) is 3.99. The maximum Gasteiger partial charge on any atom is 0.511 e. The van der Waals surface area contributed by atoms with Crippen molar-refractivity contribution in [2.45, 2.75) is 6.92 Å². The molecule has 0 spiro atoms. The Kier molecular flexibility index (Phi) is 4.98. The van der Waals surface area contributed by atoms with E-state index in [2.05, 4.69) is 4.74 Å². The van der Waals surface area contributed by atoms with Gasteiger partial charge in [-0.15, -0.1) is 0 Å². The third-order valence-electron chi connectivity index (χ3n) is 2.63. The molecule has 6 nitrogen and oxygen atoms in total. The molecule has 6 heteroatoms. The molecule has 2 aromatic rings. The number of rotatable bonds is 5. The van der Waals surface area contributed by atoms with Crippen LogP contribution in [0.25, 0.3) is 0 Å². The van der Waals surface area contributed by atoms with Gasteiger partial charge in [0.1, 0.15) is 22.8 Å². The Morgan fingerprint density at radius 2 is 1.73 bits per heavy atom. The molecule has 0 bridgehead atoms. The van der Waals surface area contributed by atoms with Crippen molar-refractivity contribution in [1.82, 2.24) is 0 Å². The van der Waals surface area contributed by atoms with E-state index in [0.29, 0.717) is 18.1 Å². The van der Waals surface area contributed by atoms with Crippen molar-refractivity contribution in [1.29, 1.82) is 0 Å². The number of carbonyl (C=O) groups excluding carboxylic acids is 1. The Hall–Kier alpha value is -3.02. The lowest BCUT2D eigenvalue weighted by Crippen LogP contribution is -2.13. The van der Waals surface area contributed by atoms with Gasteiger partial charge in [-0.3, -0.25) is 0 Å². The number of hydrogen-bond acceptors (Lipinski definition) is 5. The van der Waals surface area contributed by atoms with Crippen molar-refractivity contribution in [3.05, 3.63) is 54.1 Å². The van der Waals surface area contributed by atoms with Crippen molar-refractivity contribution >= 4 is 12.1 Å². The van der Waals surface area contributed by atoms with Crippen LogP contribution in [-0.4, -0.2) is 23.8 Å². The zero-order chi connectivity index (χ0) is 15.9. The lowest BCUT2D eigenvalue weighted by Gasteiger charge is -2.10. The summed E-state index contributed by atoms with van der Waals surface area (Å²) in [7, 11) is 0. The maximum absolute atomic E-state index is 12.2. The summed E-state index contributed by atoms with van der Waals surface area (Å²) < 4.78 is 15.1. The highest BCUT2D eigenvalue weighted by Gasteiger charge is 2.18. The predicted molar refractivity (Wildman–Crippen MR) is 77.7 cm³/mol. The number of carbonyl (C=O) groups is 2. The normalized spacial score (nSPS) is 9.86. The number of para-hydroxylation sites is 1. The average Bonchev–Trinajstić information content (AvgIpc) is 2.49. The number of esters is 1. The summed E-state index contributed by atoms with van der Waals surface area (Å²) in [5, 5.41) is 8.73. The molecule has 0 radical (unpaired) electrons. The van der Waals surface area contributed by atoms with Gasteiger partial charge < -0.3 is 19.3 Å². The van der Waals surface area contributed by atoms with E-state index in [9.17, 15) is 9.59 Å². The van der Waals surface area contributed by atoms with E-state index in [4.69, 9.17) is 14.6 Å². The van der Waals surface area contributed by atoms with Gasteiger partial charge in [0.2, 0.25) is 0 Å². The van der Waals surface area contributed by atoms with Crippen molar-refractivity contribution < 1.29 is 28.9 Å². The van der Waals surface area contributed by atoms with Crippen molar-refractivity contribution in [2.75, 3.05) is 6.61 Å². The lowest BCUT2D eigenvalue weighted by molar-refractivity contribution is 0.0730. The summed E-state index contributed by atoms with van der Waals surface area (Å²) in [5.74, 6) is -0.0864. The highest BCUT2D eigenvalue weighted by Crippen LogP contribution is 2.26. The Balaban J connectivity index is 2.30. The second kappa shape index (κ2) is 7.12. The number of hydrogen-bond donors (Lipinski definition) is 1. The largest absolute Gasteiger partial charge is 0.511 e. The molecule has 0 amide bonds. The Morgan fingerprint density at radius 3 is 2.36 bits per heavy atom. The van der Waals surface area contributed by atoms with E-state index in [0.717, 1.165) is 0 Å². The molecular weight excluding hydrogens is 288 g/mol. The topological polar surface area (TPSA) is 82.1 Å². The van der Waals surface area contributed by atoms with Crippen LogP contribution in [0, 0.1) is 0 Å². The molecule has 0 aliphatic heterocycles. The molecule has 0 unspecified atom stereocenters. The first-order chi connectivity index (χ1) is 10.6. The average molecular weight is 302 g/mol. The number of benzene rings is 2. The highest BCUT2D eigenvalue weighted by molar-refractivity contribution is 5.95. The molecule has 0 aromatic heterocycles. The second-order valence-electron chi connectivity index (χ2n) is 4.16. The monoisotopic (exact) mass is 302 g/mol. The van der Waals surface area contributed by atoms with Gasteiger partial charge in [-0.05, 0) is 37.3 Å². The van der Waals surface area contributed by atoms with Crippen LogP contribution in [0.15, 0.2) is 48.5 Å². The summed E-state index contributed by atoms with van der Waals surface area (Å²) in [6.45, 7) is 2.20. The van der Waals surface area contributed by atoms with Crippen LogP contribution < -0.4 is 14.2 Å². The zero-order valence-electron chi connectivity index (χ0n) is 11.8. The van der Waals surface area contributed by atoms with Crippen molar-refractivity contribution in [3.63, 3.8) is 0 Å². The van der Waals surface area contributed by atoms with Crippen molar-refractivity contribution in [2.24, 2.45) is 0 Å². The molecule has 0 atom stereocenters. The van der Waals surface area contributed by atoms with E-state index >= 15 is 0 Å². The fourth-order valence-corrected chi connectivity index (χ4v) is 1.76. The minimum atomic E-state index is -1.52. The van der Waals surface area contributed by atoms with Crippen LogP contribution in [0.3, 0.4) is 0 Å². The summed E-state index contributed by atoms with van der Waals surface area (Å²) in [5.41, 5.74) is -0.0304. The van der Waals surface area contributed by atoms with E-state index in [1.165, 1.54) is 18.2 Å². The van der Waals surface area contributed by atoms with Gasteiger partial charge in [0, 0.05) is 0 Å². The number of carboxylic acid groups (broad SMARTS) is 1. The van der Waals surface area contributed by atoms with E-state index in [1.54, 1.807) is 37.3 Å². The molecular formula is C16H14O6.